The van der Waals surface area contributed by atoms with Crippen LogP contribution in [0.3, 0.4) is 0 Å². The van der Waals surface area contributed by atoms with E-state index in [9.17, 15) is 14.7 Å². The van der Waals surface area contributed by atoms with Crippen molar-refractivity contribution < 1.29 is 19.4 Å². The van der Waals surface area contributed by atoms with E-state index in [1.807, 2.05) is 0 Å². The number of esters is 1. The second-order valence-corrected chi connectivity index (χ2v) is 8.40. The molecule has 4 heteroatoms. The van der Waals surface area contributed by atoms with Gasteiger partial charge in [0.15, 0.2) is 0 Å². The fourth-order valence-electron chi connectivity index (χ4n) is 5.35. The number of hydrogen-bond donors (Lipinski definition) is 1. The van der Waals surface area contributed by atoms with Gasteiger partial charge < -0.3 is 9.84 Å². The van der Waals surface area contributed by atoms with E-state index in [-0.39, 0.29) is 10.8 Å². The summed E-state index contributed by atoms with van der Waals surface area (Å²) in [5.41, 5.74) is 3.08. The maximum absolute atomic E-state index is 11.5. The highest BCUT2D eigenvalue weighted by atomic mass is 16.6. The second-order valence-electron chi connectivity index (χ2n) is 8.40. The topological polar surface area (TPSA) is 63.6 Å². The van der Waals surface area contributed by atoms with Crippen LogP contribution in [-0.4, -0.2) is 23.7 Å². The molecule has 0 saturated heterocycles. The summed E-state index contributed by atoms with van der Waals surface area (Å²) in [6, 6.07) is 0. The number of carbonyl (C=O) groups is 2. The average molecular weight is 332 g/mol. The molecular formula is C20H28O4. The van der Waals surface area contributed by atoms with Gasteiger partial charge in [0.2, 0.25) is 6.29 Å². The lowest BCUT2D eigenvalue weighted by molar-refractivity contribution is -0.151. The Morgan fingerprint density at radius 3 is 2.71 bits per heavy atom. The smallest absolute Gasteiger partial charge is 0.333 e. The summed E-state index contributed by atoms with van der Waals surface area (Å²) in [4.78, 5) is 22.8. The van der Waals surface area contributed by atoms with Gasteiger partial charge in [-0.2, -0.15) is 0 Å². The van der Waals surface area contributed by atoms with Crippen LogP contribution < -0.4 is 0 Å². The molecule has 1 saturated carbocycles. The molecule has 0 amide bonds. The zero-order valence-corrected chi connectivity index (χ0v) is 15.1. The number of aliphatic hydroxyl groups is 1. The van der Waals surface area contributed by atoms with E-state index < -0.39 is 12.3 Å². The quantitative estimate of drug-likeness (QED) is 0.632. The molecule has 0 aromatic carbocycles. The maximum Gasteiger partial charge on any atom is 0.333 e. The van der Waals surface area contributed by atoms with Gasteiger partial charge in [0.05, 0.1) is 0 Å². The summed E-state index contributed by atoms with van der Waals surface area (Å²) in [6.07, 6.45) is 6.07. The third kappa shape index (κ3) is 2.46. The summed E-state index contributed by atoms with van der Waals surface area (Å²) >= 11 is 0. The lowest BCUT2D eigenvalue weighted by Crippen LogP contribution is -2.46. The van der Waals surface area contributed by atoms with Crippen LogP contribution in [0.15, 0.2) is 22.8 Å². The monoisotopic (exact) mass is 332 g/mol. The molecule has 1 N–H and O–H groups in total. The van der Waals surface area contributed by atoms with E-state index in [4.69, 9.17) is 4.74 Å². The number of aldehydes is 1. The Hall–Kier alpha value is -1.42. The van der Waals surface area contributed by atoms with Crippen LogP contribution in [0, 0.1) is 22.7 Å². The first-order chi connectivity index (χ1) is 11.2. The lowest BCUT2D eigenvalue weighted by atomic mass is 9.50. The minimum atomic E-state index is -1.08. The molecular weight excluding hydrogens is 304 g/mol. The van der Waals surface area contributed by atoms with E-state index in [0.29, 0.717) is 23.8 Å². The Bertz CT molecular complexity index is 632. The van der Waals surface area contributed by atoms with Gasteiger partial charge in [-0.25, -0.2) is 4.79 Å². The van der Waals surface area contributed by atoms with E-state index in [1.54, 1.807) is 0 Å². The predicted molar refractivity (Wildman–Crippen MR) is 90.9 cm³/mol. The van der Waals surface area contributed by atoms with Crippen LogP contribution in [0.5, 0.6) is 0 Å². The molecule has 0 radical (unpaired) electrons. The highest BCUT2D eigenvalue weighted by molar-refractivity contribution is 5.85. The van der Waals surface area contributed by atoms with Crippen LogP contribution >= 0.6 is 0 Å². The van der Waals surface area contributed by atoms with Crippen molar-refractivity contribution in [3.05, 3.63) is 22.8 Å². The molecule has 2 unspecified atom stereocenters. The molecule has 1 aliphatic heterocycles. The van der Waals surface area contributed by atoms with Crippen LogP contribution in [-0.2, 0) is 14.3 Å². The first-order valence-electron chi connectivity index (χ1n) is 8.97. The third-order valence-corrected chi connectivity index (χ3v) is 7.49. The lowest BCUT2D eigenvalue weighted by Gasteiger charge is -2.54. The Morgan fingerprint density at radius 2 is 2.12 bits per heavy atom. The molecule has 24 heavy (non-hydrogen) atoms. The van der Waals surface area contributed by atoms with Crippen molar-refractivity contribution in [2.45, 2.75) is 66.1 Å². The zero-order valence-electron chi connectivity index (χ0n) is 15.1. The van der Waals surface area contributed by atoms with Crippen LogP contribution in [0.1, 0.15) is 59.8 Å². The third-order valence-electron chi connectivity index (χ3n) is 7.49. The molecule has 0 bridgehead atoms. The molecule has 3 aliphatic rings. The standard InChI is InChI=1S/C20H28O4/c1-12-5-7-20(4)13(2)15(11-21)9-16(20)19(12,3)8-6-14-10-17(22)24-18(14)23/h10-12,16,18,23H,5-9H2,1-4H3/t12-,16?,18?,19+,20+/m0/s1. The van der Waals surface area contributed by atoms with Crippen molar-refractivity contribution in [1.82, 2.24) is 0 Å². The molecule has 1 heterocycles. The van der Waals surface area contributed by atoms with Crippen molar-refractivity contribution >= 4 is 12.3 Å². The van der Waals surface area contributed by atoms with E-state index in [0.717, 1.165) is 37.5 Å². The summed E-state index contributed by atoms with van der Waals surface area (Å²) in [5, 5.41) is 9.83. The number of fused-ring (bicyclic) bond motifs is 1. The minimum Gasteiger partial charge on any atom is -0.429 e. The summed E-state index contributed by atoms with van der Waals surface area (Å²) < 4.78 is 4.80. The molecule has 2 aliphatic carbocycles. The molecule has 1 fully saturated rings. The maximum atomic E-state index is 11.5. The van der Waals surface area contributed by atoms with Gasteiger partial charge >= 0.3 is 5.97 Å². The van der Waals surface area contributed by atoms with E-state index in [2.05, 4.69) is 27.7 Å². The van der Waals surface area contributed by atoms with Crippen molar-refractivity contribution in [3.8, 4) is 0 Å². The Kier molecular flexibility index (Phi) is 4.23. The molecule has 5 atom stereocenters. The molecule has 132 valence electrons. The van der Waals surface area contributed by atoms with Crippen molar-refractivity contribution in [3.63, 3.8) is 0 Å². The van der Waals surface area contributed by atoms with Gasteiger partial charge in [-0.3, -0.25) is 4.79 Å². The molecule has 4 nitrogen and oxygen atoms in total. The highest BCUT2D eigenvalue weighted by Gasteiger charge is 2.55. The molecule has 0 spiro atoms. The largest absolute Gasteiger partial charge is 0.429 e. The number of rotatable bonds is 4. The van der Waals surface area contributed by atoms with Gasteiger partial charge in [0.25, 0.3) is 0 Å². The fourth-order valence-corrected chi connectivity index (χ4v) is 5.35. The van der Waals surface area contributed by atoms with Crippen molar-refractivity contribution in [2.75, 3.05) is 0 Å². The zero-order chi connectivity index (χ0) is 17.7. The molecule has 3 rings (SSSR count). The fraction of sp³-hybridized carbons (Fsp3) is 0.700. The molecule has 0 aromatic rings. The number of cyclic esters (lactones) is 1. The Balaban J connectivity index is 1.84. The second kappa shape index (κ2) is 5.83. The summed E-state index contributed by atoms with van der Waals surface area (Å²) in [6.45, 7) is 9.06. The first kappa shape index (κ1) is 17.4. The van der Waals surface area contributed by atoms with Crippen LogP contribution in [0.2, 0.25) is 0 Å². The highest BCUT2D eigenvalue weighted by Crippen LogP contribution is 2.64. The van der Waals surface area contributed by atoms with Crippen molar-refractivity contribution in [2.24, 2.45) is 22.7 Å². The van der Waals surface area contributed by atoms with E-state index in [1.165, 1.54) is 11.6 Å². The van der Waals surface area contributed by atoms with E-state index >= 15 is 0 Å². The predicted octanol–water partition coefficient (Wildman–Crippen LogP) is 3.55. The minimum absolute atomic E-state index is 0.0746. The number of ether oxygens (including phenoxy) is 1. The van der Waals surface area contributed by atoms with Gasteiger partial charge in [0.1, 0.15) is 6.29 Å². The normalized spacial score (nSPS) is 42.0. The average Bonchev–Trinajstić information content (AvgIpc) is 3.00. The van der Waals surface area contributed by atoms with Crippen LogP contribution in [0.25, 0.3) is 0 Å². The van der Waals surface area contributed by atoms with Gasteiger partial charge in [0, 0.05) is 11.6 Å². The van der Waals surface area contributed by atoms with Gasteiger partial charge in [-0.05, 0) is 67.3 Å². The van der Waals surface area contributed by atoms with Crippen LogP contribution in [0.4, 0.5) is 0 Å². The van der Waals surface area contributed by atoms with Gasteiger partial charge in [-0.15, -0.1) is 0 Å². The number of aliphatic hydroxyl groups excluding tert-OH is 1. The van der Waals surface area contributed by atoms with Gasteiger partial charge in [-0.1, -0.05) is 26.3 Å². The summed E-state index contributed by atoms with van der Waals surface area (Å²) in [5.74, 6) is 0.528. The van der Waals surface area contributed by atoms with Crippen molar-refractivity contribution in [1.29, 1.82) is 0 Å². The SMILES string of the molecule is CC1=C(C=O)CC2[C@](C)(CCC3=CC(=O)OC3O)[C@@H](C)CC[C@]12C. The number of allylic oxidation sites excluding steroid dienone is 2. The Labute approximate surface area is 144 Å². The number of hydrogen-bond acceptors (Lipinski definition) is 4. The number of carbonyl (C=O) groups excluding carboxylic acids is 2. The summed E-state index contributed by atoms with van der Waals surface area (Å²) in [7, 11) is 0. The Morgan fingerprint density at radius 1 is 1.42 bits per heavy atom. The molecule has 0 aromatic heterocycles. The first-order valence-corrected chi connectivity index (χ1v) is 8.97.